The largest absolute Gasteiger partial charge is 0.477 e. The Labute approximate surface area is 201 Å². The van der Waals surface area contributed by atoms with Crippen molar-refractivity contribution in [3.8, 4) is 0 Å². The Balaban J connectivity index is 1.79. The van der Waals surface area contributed by atoms with Gasteiger partial charge in [-0.25, -0.2) is 23.4 Å². The van der Waals surface area contributed by atoms with E-state index < -0.39 is 74.1 Å². The molecule has 0 saturated carbocycles. The fourth-order valence-electron chi connectivity index (χ4n) is 3.54. The van der Waals surface area contributed by atoms with E-state index in [1.165, 1.54) is 0 Å². The maximum Gasteiger partial charge on any atom is 0.417 e. The number of carbonyl (C=O) groups excluding carboxylic acids is 2. The minimum absolute atomic E-state index is 0.317. The number of carboxylic acids is 1. The van der Waals surface area contributed by atoms with Gasteiger partial charge in [-0.1, -0.05) is 11.6 Å². The van der Waals surface area contributed by atoms with E-state index in [4.69, 9.17) is 16.7 Å². The van der Waals surface area contributed by atoms with Crippen molar-refractivity contribution >= 4 is 62.6 Å². The lowest BCUT2D eigenvalue weighted by Crippen LogP contribution is -2.47. The van der Waals surface area contributed by atoms with Crippen LogP contribution >= 0.6 is 22.9 Å². The number of pyridine rings is 1. The van der Waals surface area contributed by atoms with Gasteiger partial charge in [0, 0.05) is 19.0 Å². The Kier molecular flexibility index (Phi) is 6.05. The minimum atomic E-state index is -4.94. The summed E-state index contributed by atoms with van der Waals surface area (Å²) in [5.41, 5.74) is -1.68. The summed E-state index contributed by atoms with van der Waals surface area (Å²) in [5.74, 6) is -5.27. The summed E-state index contributed by atoms with van der Waals surface area (Å²) in [7, 11) is 1.12. The average Bonchev–Trinajstić information content (AvgIpc) is 3.39. The number of carbonyl (C=O) groups is 3. The molecule has 3 amide bonds. The number of amides is 3. The number of hydrogen-bond donors (Lipinski definition) is 2. The number of carboxylic acid groups (broad SMARTS) is 1. The van der Waals surface area contributed by atoms with E-state index in [2.05, 4.69) is 10.3 Å². The van der Waals surface area contributed by atoms with E-state index >= 15 is 0 Å². The van der Waals surface area contributed by atoms with E-state index in [1.807, 2.05) is 0 Å². The maximum absolute atomic E-state index is 14.4. The highest BCUT2D eigenvalue weighted by molar-refractivity contribution is 7.20. The number of aromatic nitrogens is 1. The molecule has 0 spiro atoms. The molecule has 2 N–H and O–H groups in total. The zero-order valence-electron chi connectivity index (χ0n) is 17.3. The molecule has 4 rings (SSSR count). The molecule has 1 atom stereocenters. The average molecular weight is 535 g/mol. The Bertz CT molecular complexity index is 1400. The lowest BCUT2D eigenvalue weighted by molar-refractivity contribution is -0.136. The molecule has 3 aromatic rings. The first-order valence-electron chi connectivity index (χ1n) is 9.54. The number of hydrogen-bond acceptors (Lipinski definition) is 5. The molecule has 1 saturated heterocycles. The summed E-state index contributed by atoms with van der Waals surface area (Å²) in [6.07, 6.45) is -4.94. The second-order valence-corrected chi connectivity index (χ2v) is 8.73. The number of thiophene rings is 1. The van der Waals surface area contributed by atoms with E-state index in [-0.39, 0.29) is 11.4 Å². The number of aromatic carboxylic acids is 1. The highest BCUT2D eigenvalue weighted by Gasteiger charge is 2.42. The number of nitrogens with zero attached hydrogens (tertiary/aromatic N) is 3. The van der Waals surface area contributed by atoms with Crippen molar-refractivity contribution in [3.05, 3.63) is 51.4 Å². The third kappa shape index (κ3) is 4.23. The molecule has 8 nitrogen and oxygen atoms in total. The third-order valence-corrected chi connectivity index (χ3v) is 6.59. The number of benzene rings is 1. The monoisotopic (exact) mass is 534 g/mol. The summed E-state index contributed by atoms with van der Waals surface area (Å²) < 4.78 is 69.2. The molecule has 1 unspecified atom stereocenters. The van der Waals surface area contributed by atoms with Gasteiger partial charge in [-0.2, -0.15) is 13.2 Å². The molecule has 184 valence electrons. The van der Waals surface area contributed by atoms with Crippen LogP contribution in [0.4, 0.5) is 38.3 Å². The van der Waals surface area contributed by atoms with Gasteiger partial charge < -0.3 is 15.3 Å². The molecule has 3 heterocycles. The summed E-state index contributed by atoms with van der Waals surface area (Å²) in [4.78, 5) is 41.6. The second-order valence-electron chi connectivity index (χ2n) is 7.32. The first-order chi connectivity index (χ1) is 16.3. The van der Waals surface area contributed by atoms with Crippen molar-refractivity contribution in [3.63, 3.8) is 0 Å². The number of nitrogens with one attached hydrogen (secondary N) is 1. The van der Waals surface area contributed by atoms with Crippen LogP contribution in [0.1, 0.15) is 15.2 Å². The Morgan fingerprint density at radius 3 is 2.60 bits per heavy atom. The number of urea groups is 1. The van der Waals surface area contributed by atoms with Crippen LogP contribution in [0.5, 0.6) is 0 Å². The Morgan fingerprint density at radius 2 is 1.97 bits per heavy atom. The van der Waals surface area contributed by atoms with E-state index in [9.17, 15) is 36.3 Å². The van der Waals surface area contributed by atoms with Crippen molar-refractivity contribution in [2.75, 3.05) is 23.4 Å². The van der Waals surface area contributed by atoms with Gasteiger partial charge in [0.2, 0.25) is 0 Å². The topological polar surface area (TPSA) is 103 Å². The molecule has 1 aliphatic heterocycles. The molecule has 0 aliphatic carbocycles. The Hall–Kier alpha value is -3.52. The van der Waals surface area contributed by atoms with Crippen LogP contribution in [-0.2, 0) is 11.0 Å². The van der Waals surface area contributed by atoms with Gasteiger partial charge in [0.1, 0.15) is 32.4 Å². The molecule has 1 aliphatic rings. The van der Waals surface area contributed by atoms with Crippen molar-refractivity contribution in [1.29, 1.82) is 0 Å². The minimum Gasteiger partial charge on any atom is -0.477 e. The number of likely N-dealkylation sites (N-methyl/N-ethyl adjacent to an activating group) is 1. The predicted molar refractivity (Wildman–Crippen MR) is 116 cm³/mol. The van der Waals surface area contributed by atoms with Crippen LogP contribution in [0.3, 0.4) is 0 Å². The van der Waals surface area contributed by atoms with E-state index in [0.717, 1.165) is 30.1 Å². The standard InChI is InChI=1S/C20H12ClF5N4O4S/c1-29(10-3-2-9(22)14(21)15(10)23)17(31)11-6-27-19(34)30(11)13-5-8(20(24,25)26)7-4-12(18(32)33)35-16(7)28-13/h2-5,11H,6H2,1H3,(H,27,34)(H,32,33). The van der Waals surface area contributed by atoms with Crippen LogP contribution in [0.2, 0.25) is 5.02 Å². The van der Waals surface area contributed by atoms with E-state index in [0.29, 0.717) is 22.3 Å². The Morgan fingerprint density at radius 1 is 1.29 bits per heavy atom. The number of rotatable bonds is 4. The van der Waals surface area contributed by atoms with Crippen LogP contribution < -0.4 is 15.1 Å². The molecular formula is C20H12ClF5N4O4S. The third-order valence-electron chi connectivity index (χ3n) is 5.22. The van der Waals surface area contributed by atoms with Gasteiger partial charge in [-0.05, 0) is 24.3 Å². The summed E-state index contributed by atoms with van der Waals surface area (Å²) in [6, 6.07) is 0.700. The molecule has 2 aromatic heterocycles. The fraction of sp³-hybridized carbons (Fsp3) is 0.200. The van der Waals surface area contributed by atoms with Gasteiger partial charge in [0.15, 0.2) is 5.82 Å². The predicted octanol–water partition coefficient (Wildman–Crippen LogP) is 4.51. The zero-order chi connectivity index (χ0) is 25.8. The molecule has 0 bridgehead atoms. The number of fused-ring (bicyclic) bond motifs is 1. The van der Waals surface area contributed by atoms with Gasteiger partial charge in [-0.3, -0.25) is 9.69 Å². The molecule has 35 heavy (non-hydrogen) atoms. The molecule has 0 radical (unpaired) electrons. The number of anilines is 2. The maximum atomic E-state index is 14.4. The quantitative estimate of drug-likeness (QED) is 0.379. The van der Waals surface area contributed by atoms with Gasteiger partial charge in [0.25, 0.3) is 5.91 Å². The van der Waals surface area contributed by atoms with Crippen LogP contribution in [0.25, 0.3) is 10.2 Å². The van der Waals surface area contributed by atoms with Gasteiger partial charge in [0.05, 0.1) is 11.3 Å². The summed E-state index contributed by atoms with van der Waals surface area (Å²) in [5, 5.41) is 10.1. The zero-order valence-corrected chi connectivity index (χ0v) is 18.9. The summed E-state index contributed by atoms with van der Waals surface area (Å²) in [6.45, 7) is -0.357. The van der Waals surface area contributed by atoms with Crippen molar-refractivity contribution in [2.24, 2.45) is 0 Å². The first kappa shape index (κ1) is 24.6. The molecule has 1 fully saturated rings. The van der Waals surface area contributed by atoms with Crippen LogP contribution in [0.15, 0.2) is 24.3 Å². The fourth-order valence-corrected chi connectivity index (χ4v) is 4.59. The first-order valence-corrected chi connectivity index (χ1v) is 10.7. The van der Waals surface area contributed by atoms with Gasteiger partial charge >= 0.3 is 18.2 Å². The van der Waals surface area contributed by atoms with E-state index in [1.54, 1.807) is 0 Å². The lowest BCUT2D eigenvalue weighted by Gasteiger charge is -2.27. The van der Waals surface area contributed by atoms with Crippen molar-refractivity contribution in [1.82, 2.24) is 10.3 Å². The summed E-state index contributed by atoms with van der Waals surface area (Å²) >= 11 is 6.02. The van der Waals surface area contributed by atoms with Crippen LogP contribution in [-0.4, -0.2) is 47.6 Å². The van der Waals surface area contributed by atoms with Crippen LogP contribution in [0, 0.1) is 11.6 Å². The lowest BCUT2D eigenvalue weighted by atomic mass is 10.1. The smallest absolute Gasteiger partial charge is 0.417 e. The highest BCUT2D eigenvalue weighted by Crippen LogP contribution is 2.40. The number of alkyl halides is 3. The van der Waals surface area contributed by atoms with Gasteiger partial charge in [-0.15, -0.1) is 11.3 Å². The molecule has 1 aromatic carbocycles. The highest BCUT2D eigenvalue weighted by atomic mass is 35.5. The van der Waals surface area contributed by atoms with Crippen molar-refractivity contribution in [2.45, 2.75) is 12.2 Å². The normalized spacial score (nSPS) is 16.0. The molecule has 15 heteroatoms. The molecular weight excluding hydrogens is 523 g/mol. The SMILES string of the molecule is CN(C(=O)C1CNC(=O)N1c1cc(C(F)(F)F)c2cc(C(=O)O)sc2n1)c1ccc(F)c(Cl)c1F. The van der Waals surface area contributed by atoms with Crippen molar-refractivity contribution < 1.29 is 41.4 Å². The number of halogens is 6. The second kappa shape index (κ2) is 8.61.